The summed E-state index contributed by atoms with van der Waals surface area (Å²) in [6.07, 6.45) is 7.06. The molecule has 56 valence electrons. The first-order valence-corrected chi connectivity index (χ1v) is 3.28. The standard InChI is InChI=1S/C8H14NO/c1-4-6-8(3)7-9(10)5-2/h4-7,10H,1-3H3/q+1/b6-4+,8-7-,9-5-. The Kier molecular flexibility index (Phi) is 4.29. The molecule has 0 saturated carbocycles. The zero-order chi connectivity index (χ0) is 7.98. The van der Waals surface area contributed by atoms with Crippen molar-refractivity contribution in [2.45, 2.75) is 20.8 Å². The number of rotatable bonds is 2. The van der Waals surface area contributed by atoms with Gasteiger partial charge in [-0.1, -0.05) is 12.2 Å². The highest BCUT2D eigenvalue weighted by Gasteiger charge is 1.90. The third kappa shape index (κ3) is 3.89. The smallest absolute Gasteiger partial charge is 0.224 e. The van der Waals surface area contributed by atoms with Gasteiger partial charge >= 0.3 is 0 Å². The maximum Gasteiger partial charge on any atom is 0.224 e. The van der Waals surface area contributed by atoms with Gasteiger partial charge in [-0.3, -0.25) is 5.21 Å². The molecule has 0 spiro atoms. The molecular formula is C8H14NO+. The van der Waals surface area contributed by atoms with E-state index in [9.17, 15) is 0 Å². The van der Waals surface area contributed by atoms with Crippen LogP contribution in [0.5, 0.6) is 0 Å². The summed E-state index contributed by atoms with van der Waals surface area (Å²) in [6, 6.07) is 0. The van der Waals surface area contributed by atoms with Crippen LogP contribution in [0.1, 0.15) is 20.8 Å². The third-order valence-electron chi connectivity index (χ3n) is 1.03. The van der Waals surface area contributed by atoms with Crippen LogP contribution in [0.2, 0.25) is 0 Å². The molecule has 0 atom stereocenters. The third-order valence-corrected chi connectivity index (χ3v) is 1.03. The quantitative estimate of drug-likeness (QED) is 0.205. The highest BCUT2D eigenvalue weighted by Crippen LogP contribution is 1.92. The molecule has 2 nitrogen and oxygen atoms in total. The fourth-order valence-corrected chi connectivity index (χ4v) is 0.589. The van der Waals surface area contributed by atoms with Crippen LogP contribution in [0, 0.1) is 0 Å². The molecule has 0 unspecified atom stereocenters. The molecular weight excluding hydrogens is 126 g/mol. The van der Waals surface area contributed by atoms with E-state index in [2.05, 4.69) is 0 Å². The summed E-state index contributed by atoms with van der Waals surface area (Å²) in [6.45, 7) is 5.63. The molecule has 2 heteroatoms. The SMILES string of the molecule is C/C=[N+](O)/C=C(C)\C=C\C. The number of hydrogen-bond donors (Lipinski definition) is 1. The number of hydroxylamine groups is 1. The van der Waals surface area contributed by atoms with Crippen molar-refractivity contribution in [1.82, 2.24) is 0 Å². The van der Waals surface area contributed by atoms with E-state index in [0.29, 0.717) is 0 Å². The van der Waals surface area contributed by atoms with Crippen LogP contribution in [0.15, 0.2) is 23.9 Å². The molecule has 0 aliphatic rings. The van der Waals surface area contributed by atoms with E-state index in [1.54, 1.807) is 19.3 Å². The van der Waals surface area contributed by atoms with Gasteiger partial charge in [0.1, 0.15) is 0 Å². The van der Waals surface area contributed by atoms with Crippen LogP contribution in [0.3, 0.4) is 0 Å². The van der Waals surface area contributed by atoms with Gasteiger partial charge < -0.3 is 0 Å². The topological polar surface area (TPSA) is 23.2 Å². The Morgan fingerprint density at radius 2 is 2.00 bits per heavy atom. The summed E-state index contributed by atoms with van der Waals surface area (Å²) in [4.78, 5) is 0. The Morgan fingerprint density at radius 1 is 1.40 bits per heavy atom. The van der Waals surface area contributed by atoms with E-state index >= 15 is 0 Å². The van der Waals surface area contributed by atoms with Crippen LogP contribution in [0.25, 0.3) is 0 Å². The highest BCUT2D eigenvalue weighted by molar-refractivity contribution is 5.46. The molecule has 0 aliphatic heterocycles. The van der Waals surface area contributed by atoms with Crippen LogP contribution in [-0.4, -0.2) is 16.2 Å². The minimum atomic E-state index is 1.02. The minimum absolute atomic E-state index is 1.02. The van der Waals surface area contributed by atoms with Crippen LogP contribution in [0.4, 0.5) is 0 Å². The number of nitrogens with zero attached hydrogens (tertiary/aromatic N) is 1. The lowest BCUT2D eigenvalue weighted by atomic mass is 10.3. The molecule has 1 N–H and O–H groups in total. The predicted molar refractivity (Wildman–Crippen MR) is 42.4 cm³/mol. The van der Waals surface area contributed by atoms with Crippen molar-refractivity contribution in [2.75, 3.05) is 0 Å². The first-order valence-electron chi connectivity index (χ1n) is 3.28. The van der Waals surface area contributed by atoms with Gasteiger partial charge in [0.25, 0.3) is 0 Å². The summed E-state index contributed by atoms with van der Waals surface area (Å²) >= 11 is 0. The van der Waals surface area contributed by atoms with Crippen LogP contribution < -0.4 is 0 Å². The fourth-order valence-electron chi connectivity index (χ4n) is 0.589. The predicted octanol–water partition coefficient (Wildman–Crippen LogP) is 1.96. The summed E-state index contributed by atoms with van der Waals surface area (Å²) in [5.74, 6) is 0. The van der Waals surface area contributed by atoms with Gasteiger partial charge in [-0.25, -0.2) is 0 Å². The molecule has 0 radical (unpaired) electrons. The largest absolute Gasteiger partial charge is 0.286 e. The van der Waals surface area contributed by atoms with Gasteiger partial charge in [0.15, 0.2) is 6.21 Å². The lowest BCUT2D eigenvalue weighted by Gasteiger charge is -1.83. The van der Waals surface area contributed by atoms with Crippen molar-refractivity contribution in [3.05, 3.63) is 23.9 Å². The summed E-state index contributed by atoms with van der Waals surface area (Å²) < 4.78 is 1.04. The normalized spacial score (nSPS) is 14.7. The van der Waals surface area contributed by atoms with Gasteiger partial charge in [-0.15, -0.1) is 0 Å². The average Bonchev–Trinajstić information content (AvgIpc) is 1.88. The number of hydrogen-bond acceptors (Lipinski definition) is 1. The van der Waals surface area contributed by atoms with Gasteiger partial charge in [0.05, 0.1) is 0 Å². The molecule has 0 heterocycles. The van der Waals surface area contributed by atoms with E-state index in [0.717, 1.165) is 10.3 Å². The second-order valence-electron chi connectivity index (χ2n) is 2.01. The van der Waals surface area contributed by atoms with E-state index in [1.807, 2.05) is 26.0 Å². The highest BCUT2D eigenvalue weighted by atomic mass is 16.5. The van der Waals surface area contributed by atoms with E-state index in [1.165, 1.54) is 0 Å². The van der Waals surface area contributed by atoms with Gasteiger partial charge in [-0.05, 0) is 18.6 Å². The number of allylic oxidation sites excluding steroid dienone is 3. The Hall–Kier alpha value is -1.05. The van der Waals surface area contributed by atoms with Gasteiger partial charge in [-0.2, -0.15) is 0 Å². The van der Waals surface area contributed by atoms with E-state index in [4.69, 9.17) is 5.21 Å². The first-order chi connectivity index (χ1) is 4.70. The molecule has 10 heavy (non-hydrogen) atoms. The summed E-state index contributed by atoms with van der Waals surface area (Å²) in [5, 5.41) is 8.92. The second-order valence-corrected chi connectivity index (χ2v) is 2.01. The average molecular weight is 140 g/mol. The lowest BCUT2D eigenvalue weighted by molar-refractivity contribution is -0.722. The summed E-state index contributed by atoms with van der Waals surface area (Å²) in [7, 11) is 0. The lowest BCUT2D eigenvalue weighted by Crippen LogP contribution is -1.96. The molecule has 0 aromatic rings. The van der Waals surface area contributed by atoms with Crippen molar-refractivity contribution in [3.8, 4) is 0 Å². The van der Waals surface area contributed by atoms with Crippen molar-refractivity contribution in [1.29, 1.82) is 0 Å². The monoisotopic (exact) mass is 140 g/mol. The molecule has 0 saturated heterocycles. The first kappa shape index (κ1) is 8.95. The minimum Gasteiger partial charge on any atom is -0.286 e. The van der Waals surface area contributed by atoms with Crippen molar-refractivity contribution in [2.24, 2.45) is 0 Å². The summed E-state index contributed by atoms with van der Waals surface area (Å²) in [5.41, 5.74) is 1.02. The fraction of sp³-hybridized carbons (Fsp3) is 0.375. The molecule has 0 amide bonds. The Bertz CT molecular complexity index is 178. The van der Waals surface area contributed by atoms with Gasteiger partial charge in [0, 0.05) is 12.5 Å². The Balaban J connectivity index is 4.16. The van der Waals surface area contributed by atoms with Crippen molar-refractivity contribution in [3.63, 3.8) is 0 Å². The van der Waals surface area contributed by atoms with Crippen molar-refractivity contribution < 1.29 is 9.95 Å². The van der Waals surface area contributed by atoms with Crippen LogP contribution in [-0.2, 0) is 0 Å². The second kappa shape index (κ2) is 4.79. The van der Waals surface area contributed by atoms with E-state index in [-0.39, 0.29) is 0 Å². The molecule has 0 aromatic carbocycles. The van der Waals surface area contributed by atoms with Crippen molar-refractivity contribution >= 4 is 6.21 Å². The van der Waals surface area contributed by atoms with Crippen LogP contribution >= 0.6 is 0 Å². The molecule has 0 aliphatic carbocycles. The maximum absolute atomic E-state index is 8.92. The Morgan fingerprint density at radius 3 is 2.40 bits per heavy atom. The molecule has 0 bridgehead atoms. The van der Waals surface area contributed by atoms with Gasteiger partial charge in [0.2, 0.25) is 6.20 Å². The van der Waals surface area contributed by atoms with E-state index < -0.39 is 0 Å². The molecule has 0 aromatic heterocycles. The zero-order valence-electron chi connectivity index (χ0n) is 6.70. The maximum atomic E-state index is 8.92. The molecule has 0 fully saturated rings. The zero-order valence-corrected chi connectivity index (χ0v) is 6.70. The Labute approximate surface area is 61.8 Å². The molecule has 0 rings (SSSR count).